The Balaban J connectivity index is 4.48. The van der Waals surface area contributed by atoms with E-state index in [1.54, 1.807) is 0 Å². The zero-order chi connectivity index (χ0) is 14.6. The smallest absolute Gasteiger partial charge is 0.373 e. The van der Waals surface area contributed by atoms with E-state index < -0.39 is 8.80 Å². The summed E-state index contributed by atoms with van der Waals surface area (Å²) in [4.78, 5) is 0. The monoisotopic (exact) mass is 291 g/mol. The van der Waals surface area contributed by atoms with E-state index >= 15 is 0 Å². The van der Waals surface area contributed by atoms with Gasteiger partial charge >= 0.3 is 8.80 Å². The van der Waals surface area contributed by atoms with Gasteiger partial charge in [-0.3, -0.25) is 0 Å². The number of unbranched alkanes of at least 4 members (excludes halogenated alkanes) is 3. The lowest BCUT2D eigenvalue weighted by molar-refractivity contribution is 0.0494. The molecule has 0 saturated carbocycles. The van der Waals surface area contributed by atoms with Gasteiger partial charge < -0.3 is 19.0 Å². The van der Waals surface area contributed by atoms with Crippen LogP contribution in [0.2, 0.25) is 0 Å². The van der Waals surface area contributed by atoms with E-state index in [1.165, 1.54) is 0 Å². The van der Waals surface area contributed by atoms with E-state index in [4.69, 9.17) is 19.0 Å². The summed E-state index contributed by atoms with van der Waals surface area (Å²) < 4.78 is 18.0. The molecule has 0 rings (SSSR count). The molecular formula is C14H33NO3Si. The molecule has 0 bridgehead atoms. The van der Waals surface area contributed by atoms with Gasteiger partial charge in [0.15, 0.2) is 0 Å². The quantitative estimate of drug-likeness (QED) is 0.418. The molecule has 19 heavy (non-hydrogen) atoms. The maximum absolute atomic E-state index is 6.11. The van der Waals surface area contributed by atoms with Gasteiger partial charge in [0.1, 0.15) is 0 Å². The Kier molecular flexibility index (Phi) is 11.9. The average Bonchev–Trinajstić information content (AvgIpc) is 2.38. The summed E-state index contributed by atoms with van der Waals surface area (Å²) in [7, 11) is -2.71. The minimum atomic E-state index is -2.71. The molecule has 1 atom stereocenters. The van der Waals surface area contributed by atoms with Gasteiger partial charge in [0.25, 0.3) is 0 Å². The molecule has 0 aromatic rings. The average molecular weight is 292 g/mol. The highest BCUT2D eigenvalue weighted by atomic mass is 28.4. The summed E-state index contributed by atoms with van der Waals surface area (Å²) in [6.07, 6.45) is 6.38. The van der Waals surface area contributed by atoms with Crippen molar-refractivity contribution < 1.29 is 13.3 Å². The molecule has 1 unspecified atom stereocenters. The number of rotatable bonds is 13. The van der Waals surface area contributed by atoms with Gasteiger partial charge in [-0.05, 0) is 26.2 Å². The molecule has 0 fully saturated rings. The van der Waals surface area contributed by atoms with Crippen LogP contribution in [-0.2, 0) is 13.3 Å². The first kappa shape index (κ1) is 19.1. The highest BCUT2D eigenvalue weighted by Crippen LogP contribution is 2.16. The Morgan fingerprint density at radius 3 is 1.32 bits per heavy atom. The summed E-state index contributed by atoms with van der Waals surface area (Å²) >= 11 is 0. The van der Waals surface area contributed by atoms with Crippen LogP contribution in [0.15, 0.2) is 0 Å². The molecule has 0 aliphatic carbocycles. The number of hydrogen-bond acceptors (Lipinski definition) is 4. The van der Waals surface area contributed by atoms with E-state index in [1.807, 2.05) is 6.92 Å². The fourth-order valence-corrected chi connectivity index (χ4v) is 3.92. The Morgan fingerprint density at radius 2 is 1.11 bits per heavy atom. The van der Waals surface area contributed by atoms with Crippen LogP contribution in [0, 0.1) is 0 Å². The second kappa shape index (κ2) is 11.8. The first-order valence-corrected chi connectivity index (χ1v) is 9.60. The van der Waals surface area contributed by atoms with E-state index in [2.05, 4.69) is 20.8 Å². The molecular weight excluding hydrogens is 258 g/mol. The molecule has 0 aliphatic rings. The standard InChI is InChI=1S/C14H33NO3Si/c1-5-8-11-16-19(14(4)15,17-12-9-6-2)18-13-10-7-3/h14H,5-13,15H2,1-4H3. The van der Waals surface area contributed by atoms with Gasteiger partial charge in [-0.15, -0.1) is 0 Å². The Hall–Kier alpha value is 0.0569. The first-order valence-electron chi connectivity index (χ1n) is 7.80. The molecule has 4 nitrogen and oxygen atoms in total. The van der Waals surface area contributed by atoms with Crippen molar-refractivity contribution in [2.45, 2.75) is 71.9 Å². The van der Waals surface area contributed by atoms with Gasteiger partial charge in [-0.25, -0.2) is 0 Å². The molecule has 116 valence electrons. The van der Waals surface area contributed by atoms with Gasteiger partial charge in [0.05, 0.1) is 5.67 Å². The van der Waals surface area contributed by atoms with Crippen molar-refractivity contribution in [1.29, 1.82) is 0 Å². The van der Waals surface area contributed by atoms with Crippen LogP contribution >= 0.6 is 0 Å². The van der Waals surface area contributed by atoms with Crippen molar-refractivity contribution in [2.75, 3.05) is 19.8 Å². The van der Waals surface area contributed by atoms with Crippen LogP contribution in [0.25, 0.3) is 0 Å². The largest absolute Gasteiger partial charge is 0.518 e. The highest BCUT2D eigenvalue weighted by molar-refractivity contribution is 6.62. The maximum Gasteiger partial charge on any atom is 0.518 e. The van der Waals surface area contributed by atoms with Gasteiger partial charge in [-0.1, -0.05) is 40.0 Å². The Morgan fingerprint density at radius 1 is 0.789 bits per heavy atom. The van der Waals surface area contributed by atoms with Crippen molar-refractivity contribution in [1.82, 2.24) is 0 Å². The summed E-state index contributed by atoms with van der Waals surface area (Å²) in [5, 5.41) is 0. The lowest BCUT2D eigenvalue weighted by Crippen LogP contribution is -2.59. The van der Waals surface area contributed by atoms with Crippen LogP contribution in [0.1, 0.15) is 66.2 Å². The molecule has 2 N–H and O–H groups in total. The zero-order valence-corrected chi connectivity index (χ0v) is 14.2. The second-order valence-corrected chi connectivity index (χ2v) is 7.98. The normalized spacial score (nSPS) is 13.7. The van der Waals surface area contributed by atoms with Crippen molar-refractivity contribution in [3.8, 4) is 0 Å². The van der Waals surface area contributed by atoms with E-state index in [9.17, 15) is 0 Å². The topological polar surface area (TPSA) is 53.7 Å². The van der Waals surface area contributed by atoms with Crippen molar-refractivity contribution >= 4 is 8.80 Å². The lowest BCUT2D eigenvalue weighted by atomic mass is 10.4. The van der Waals surface area contributed by atoms with Crippen LogP contribution in [0.3, 0.4) is 0 Å². The van der Waals surface area contributed by atoms with Gasteiger partial charge in [0, 0.05) is 19.8 Å². The molecule has 5 heteroatoms. The van der Waals surface area contributed by atoms with E-state index in [0.29, 0.717) is 19.8 Å². The summed E-state index contributed by atoms with van der Waals surface area (Å²) in [5.41, 5.74) is 5.94. The maximum atomic E-state index is 6.11. The van der Waals surface area contributed by atoms with Gasteiger partial charge in [-0.2, -0.15) is 0 Å². The Bertz CT molecular complexity index is 177. The SMILES string of the molecule is CCCCO[Si](OCCCC)(OCCCC)C(C)N. The molecule has 0 saturated heterocycles. The van der Waals surface area contributed by atoms with Crippen LogP contribution in [-0.4, -0.2) is 34.3 Å². The van der Waals surface area contributed by atoms with Crippen molar-refractivity contribution in [3.63, 3.8) is 0 Å². The third kappa shape index (κ3) is 8.04. The van der Waals surface area contributed by atoms with E-state index in [-0.39, 0.29) is 5.67 Å². The van der Waals surface area contributed by atoms with Crippen molar-refractivity contribution in [2.24, 2.45) is 5.73 Å². The number of hydrogen-bond donors (Lipinski definition) is 1. The minimum absolute atomic E-state index is 0.168. The minimum Gasteiger partial charge on any atom is -0.373 e. The molecule has 0 radical (unpaired) electrons. The molecule has 0 amide bonds. The number of nitrogens with two attached hydrogens (primary N) is 1. The lowest BCUT2D eigenvalue weighted by Gasteiger charge is -2.32. The molecule has 0 aromatic carbocycles. The van der Waals surface area contributed by atoms with E-state index in [0.717, 1.165) is 38.5 Å². The van der Waals surface area contributed by atoms with Gasteiger partial charge in [0.2, 0.25) is 0 Å². The summed E-state index contributed by atoms with van der Waals surface area (Å²) in [5.74, 6) is 0. The van der Waals surface area contributed by atoms with Crippen LogP contribution in [0.4, 0.5) is 0 Å². The molecule has 0 heterocycles. The molecule has 0 aliphatic heterocycles. The predicted molar refractivity (Wildman–Crippen MR) is 82.0 cm³/mol. The van der Waals surface area contributed by atoms with Crippen LogP contribution in [0.5, 0.6) is 0 Å². The summed E-state index contributed by atoms with van der Waals surface area (Å²) in [6, 6.07) is 0. The second-order valence-electron chi connectivity index (χ2n) is 5.00. The fourth-order valence-electron chi connectivity index (χ4n) is 1.60. The highest BCUT2D eigenvalue weighted by Gasteiger charge is 2.45. The Labute approximate surface area is 120 Å². The first-order chi connectivity index (χ1) is 9.13. The summed E-state index contributed by atoms with van der Waals surface area (Å²) in [6.45, 7) is 10.4. The fraction of sp³-hybridized carbons (Fsp3) is 1.00. The van der Waals surface area contributed by atoms with Crippen LogP contribution < -0.4 is 5.73 Å². The third-order valence-corrected chi connectivity index (χ3v) is 5.90. The zero-order valence-electron chi connectivity index (χ0n) is 13.2. The molecule has 0 aromatic heterocycles. The molecule has 0 spiro atoms. The van der Waals surface area contributed by atoms with Crippen molar-refractivity contribution in [3.05, 3.63) is 0 Å². The predicted octanol–water partition coefficient (Wildman–Crippen LogP) is 3.26. The third-order valence-electron chi connectivity index (χ3n) is 2.96.